The van der Waals surface area contributed by atoms with Gasteiger partial charge in [-0.05, 0) is 68.7 Å². The van der Waals surface area contributed by atoms with E-state index in [1.807, 2.05) is 17.9 Å². The van der Waals surface area contributed by atoms with E-state index in [9.17, 15) is 9.59 Å². The zero-order valence-corrected chi connectivity index (χ0v) is 20.6. The molecule has 0 bridgehead atoms. The zero-order valence-electron chi connectivity index (χ0n) is 20.6. The number of nitrogens with one attached hydrogen (secondary N) is 2. The van der Waals surface area contributed by atoms with E-state index in [0.29, 0.717) is 0 Å². The first-order valence-corrected chi connectivity index (χ1v) is 13.0. The molecule has 0 aromatic heterocycles. The van der Waals surface area contributed by atoms with Crippen LogP contribution in [0.25, 0.3) is 0 Å². The molecule has 34 heavy (non-hydrogen) atoms. The maximum atomic E-state index is 13.9. The highest BCUT2D eigenvalue weighted by Gasteiger charge is 2.39. The normalized spacial score (nSPS) is 20.6. The quantitative estimate of drug-likeness (QED) is 0.603. The number of carbonyl (C=O) groups excluding carboxylic acids is 2. The van der Waals surface area contributed by atoms with Crippen LogP contribution in [0.5, 0.6) is 0 Å². The largest absolute Gasteiger partial charge is 0.343 e. The lowest BCUT2D eigenvalue weighted by atomic mass is 9.83. The van der Waals surface area contributed by atoms with Gasteiger partial charge >= 0.3 is 0 Å². The maximum Gasteiger partial charge on any atom is 0.245 e. The molecule has 4 rings (SSSR count). The highest BCUT2D eigenvalue weighted by atomic mass is 16.2. The van der Waals surface area contributed by atoms with E-state index in [4.69, 9.17) is 0 Å². The lowest BCUT2D eigenvalue weighted by Gasteiger charge is -2.35. The molecule has 1 aliphatic heterocycles. The van der Waals surface area contributed by atoms with Crippen molar-refractivity contribution in [2.75, 3.05) is 13.6 Å². The fourth-order valence-electron chi connectivity index (χ4n) is 5.50. The van der Waals surface area contributed by atoms with Crippen LogP contribution in [0, 0.1) is 5.92 Å². The fraction of sp³-hybridized carbons (Fsp3) is 0.517. The van der Waals surface area contributed by atoms with E-state index in [2.05, 4.69) is 59.2 Å². The van der Waals surface area contributed by atoms with Crippen molar-refractivity contribution >= 4 is 11.8 Å². The number of nitrogens with zero attached hydrogens (tertiary/aromatic N) is 1. The van der Waals surface area contributed by atoms with E-state index in [-0.39, 0.29) is 29.8 Å². The third kappa shape index (κ3) is 5.87. The number of likely N-dealkylation sites (N-methyl/N-ethyl adjacent to an activating group) is 1. The third-order valence-electron chi connectivity index (χ3n) is 7.66. The molecule has 0 radical (unpaired) electrons. The molecule has 182 valence electrons. The Kier molecular flexibility index (Phi) is 8.39. The van der Waals surface area contributed by atoms with Gasteiger partial charge in [-0.25, -0.2) is 0 Å². The van der Waals surface area contributed by atoms with Crippen LogP contribution < -0.4 is 10.6 Å². The van der Waals surface area contributed by atoms with Crippen molar-refractivity contribution < 1.29 is 9.59 Å². The molecular weight excluding hydrogens is 422 g/mol. The SMILES string of the molecule is CN[C@@H](C)C(=O)N[C@H](C(=O)N1CCCC1c1ccc(Cc2ccccc2)cc1)C1CCCCC1. The fourth-order valence-corrected chi connectivity index (χ4v) is 5.50. The molecular formula is C29H39N3O2. The highest BCUT2D eigenvalue weighted by molar-refractivity contribution is 5.90. The summed E-state index contributed by atoms with van der Waals surface area (Å²) in [6, 6.07) is 18.6. The van der Waals surface area contributed by atoms with Crippen molar-refractivity contribution in [3.63, 3.8) is 0 Å². The Bertz CT molecular complexity index is 938. The average Bonchev–Trinajstić information content (AvgIpc) is 3.38. The van der Waals surface area contributed by atoms with Gasteiger partial charge in [-0.3, -0.25) is 9.59 Å². The van der Waals surface area contributed by atoms with Gasteiger partial charge in [0.15, 0.2) is 0 Å². The molecule has 1 unspecified atom stereocenters. The monoisotopic (exact) mass is 461 g/mol. The number of rotatable bonds is 8. The molecule has 5 heteroatoms. The first kappa shape index (κ1) is 24.5. The summed E-state index contributed by atoms with van der Waals surface area (Å²) in [5.74, 6) is 0.232. The van der Waals surface area contributed by atoms with Gasteiger partial charge in [0.1, 0.15) is 6.04 Å². The van der Waals surface area contributed by atoms with Gasteiger partial charge in [0.25, 0.3) is 0 Å². The van der Waals surface area contributed by atoms with Crippen LogP contribution in [0.15, 0.2) is 54.6 Å². The van der Waals surface area contributed by atoms with Crippen LogP contribution in [0.1, 0.15) is 74.6 Å². The molecule has 1 saturated heterocycles. The average molecular weight is 462 g/mol. The summed E-state index contributed by atoms with van der Waals surface area (Å²) in [6.07, 6.45) is 8.40. The first-order chi connectivity index (χ1) is 16.6. The summed E-state index contributed by atoms with van der Waals surface area (Å²) in [7, 11) is 1.78. The smallest absolute Gasteiger partial charge is 0.245 e. The van der Waals surface area contributed by atoms with Crippen LogP contribution in [-0.2, 0) is 16.0 Å². The summed E-state index contributed by atoms with van der Waals surface area (Å²) >= 11 is 0. The van der Waals surface area contributed by atoms with E-state index < -0.39 is 6.04 Å². The second-order valence-electron chi connectivity index (χ2n) is 9.99. The second-order valence-corrected chi connectivity index (χ2v) is 9.99. The van der Waals surface area contributed by atoms with Crippen LogP contribution >= 0.6 is 0 Å². The summed E-state index contributed by atoms with van der Waals surface area (Å²) in [4.78, 5) is 28.7. The Hall–Kier alpha value is -2.66. The van der Waals surface area contributed by atoms with Gasteiger partial charge in [-0.15, -0.1) is 0 Å². The number of benzene rings is 2. The standard InChI is InChI=1S/C29H39N3O2/c1-21(30-2)28(33)31-27(25-12-7-4-8-13-25)29(34)32-19-9-14-26(32)24-17-15-23(16-18-24)20-22-10-5-3-6-11-22/h3,5-6,10-11,15-18,21,25-27,30H,4,7-9,12-14,19-20H2,1-2H3,(H,31,33)/t21-,26?,27-/m0/s1. The molecule has 0 spiro atoms. The molecule has 3 atom stereocenters. The molecule has 2 aromatic rings. The minimum absolute atomic E-state index is 0.0861. The summed E-state index contributed by atoms with van der Waals surface area (Å²) in [5.41, 5.74) is 3.77. The Balaban J connectivity index is 1.49. The lowest BCUT2D eigenvalue weighted by Crippen LogP contribution is -2.55. The van der Waals surface area contributed by atoms with Gasteiger partial charge in [-0.1, -0.05) is 73.9 Å². The van der Waals surface area contributed by atoms with Crippen LogP contribution in [0.4, 0.5) is 0 Å². The van der Waals surface area contributed by atoms with Crippen LogP contribution in [0.3, 0.4) is 0 Å². The van der Waals surface area contributed by atoms with Gasteiger partial charge in [0.05, 0.1) is 12.1 Å². The molecule has 5 nitrogen and oxygen atoms in total. The molecule has 2 aliphatic rings. The maximum absolute atomic E-state index is 13.9. The Labute approximate surface area is 204 Å². The van der Waals surface area contributed by atoms with Gasteiger partial charge in [-0.2, -0.15) is 0 Å². The molecule has 1 heterocycles. The summed E-state index contributed by atoms with van der Waals surface area (Å²) < 4.78 is 0. The molecule has 2 N–H and O–H groups in total. The van der Waals surface area contributed by atoms with E-state index in [1.165, 1.54) is 23.1 Å². The highest BCUT2D eigenvalue weighted by Crippen LogP contribution is 2.35. The first-order valence-electron chi connectivity index (χ1n) is 13.0. The number of carbonyl (C=O) groups is 2. The Morgan fingerprint density at radius 1 is 0.912 bits per heavy atom. The molecule has 2 amide bonds. The van der Waals surface area contributed by atoms with Gasteiger partial charge in [0, 0.05) is 6.54 Å². The predicted octanol–water partition coefficient (Wildman–Crippen LogP) is 4.61. The van der Waals surface area contributed by atoms with Crippen LogP contribution in [0.2, 0.25) is 0 Å². The van der Waals surface area contributed by atoms with E-state index in [1.54, 1.807) is 7.05 Å². The summed E-state index contributed by atoms with van der Waals surface area (Å²) in [5, 5.41) is 6.13. The topological polar surface area (TPSA) is 61.4 Å². The summed E-state index contributed by atoms with van der Waals surface area (Å²) in [6.45, 7) is 2.60. The number of hydrogen-bond donors (Lipinski definition) is 2. The second kappa shape index (κ2) is 11.7. The molecule has 2 fully saturated rings. The Morgan fingerprint density at radius 2 is 1.59 bits per heavy atom. The van der Waals surface area contributed by atoms with Crippen LogP contribution in [-0.4, -0.2) is 42.4 Å². The number of hydrogen-bond acceptors (Lipinski definition) is 3. The molecule has 1 aliphatic carbocycles. The molecule has 1 saturated carbocycles. The van der Waals surface area contributed by atoms with Crippen molar-refractivity contribution in [1.82, 2.24) is 15.5 Å². The van der Waals surface area contributed by atoms with Crippen molar-refractivity contribution in [1.29, 1.82) is 0 Å². The minimum Gasteiger partial charge on any atom is -0.343 e. The molecule has 2 aromatic carbocycles. The van der Waals surface area contributed by atoms with E-state index >= 15 is 0 Å². The van der Waals surface area contributed by atoms with Crippen molar-refractivity contribution in [2.45, 2.75) is 76.4 Å². The van der Waals surface area contributed by atoms with E-state index in [0.717, 1.165) is 51.5 Å². The van der Waals surface area contributed by atoms with Crippen molar-refractivity contribution in [2.24, 2.45) is 5.92 Å². The number of likely N-dealkylation sites (tertiary alicyclic amines) is 1. The number of amides is 2. The predicted molar refractivity (Wildman–Crippen MR) is 136 cm³/mol. The van der Waals surface area contributed by atoms with Crippen molar-refractivity contribution in [3.8, 4) is 0 Å². The Morgan fingerprint density at radius 3 is 2.26 bits per heavy atom. The third-order valence-corrected chi connectivity index (χ3v) is 7.66. The van der Waals surface area contributed by atoms with Gasteiger partial charge < -0.3 is 15.5 Å². The van der Waals surface area contributed by atoms with Crippen molar-refractivity contribution in [3.05, 3.63) is 71.3 Å². The minimum atomic E-state index is -0.429. The lowest BCUT2D eigenvalue weighted by molar-refractivity contribution is -0.139. The zero-order chi connectivity index (χ0) is 23.9. The van der Waals surface area contributed by atoms with Gasteiger partial charge in [0.2, 0.25) is 11.8 Å².